The Morgan fingerprint density at radius 1 is 1.00 bits per heavy atom. The first-order valence-electron chi connectivity index (χ1n) is 16.7. The molecule has 3 aliphatic rings. The monoisotopic (exact) mass is 655 g/mol. The van der Waals surface area contributed by atoms with Crippen molar-refractivity contribution in [3.05, 3.63) is 101 Å². The molecule has 0 N–H and O–H groups in total. The number of ether oxygens (including phenoxy) is 1. The van der Waals surface area contributed by atoms with E-state index in [2.05, 4.69) is 89.9 Å². The molecule has 9 nitrogen and oxygen atoms in total. The summed E-state index contributed by atoms with van der Waals surface area (Å²) >= 11 is 0. The number of pyridine rings is 1. The highest BCUT2D eigenvalue weighted by Crippen LogP contribution is 2.42. The molecule has 248 valence electrons. The van der Waals surface area contributed by atoms with E-state index >= 15 is 0 Å². The van der Waals surface area contributed by atoms with Gasteiger partial charge in [-0.1, -0.05) is 49.0 Å². The SMILES string of the molecule is C=C(F)C(=O)N1CCN(c2c(C#N)c(Oc3cccc4c3CCN(C)C4)nc3c2CCN(c2cccc4cccc(C)c24)C3)C[C@@H]1CC#N. The number of fused-ring (bicyclic) bond motifs is 3. The number of nitrogens with zero attached hydrogens (tertiary/aromatic N) is 7. The number of carbonyl (C=O) groups excluding carboxylic acids is 1. The number of hydrogen-bond acceptors (Lipinski definition) is 8. The van der Waals surface area contributed by atoms with E-state index in [9.17, 15) is 19.7 Å². The Bertz CT molecular complexity index is 2060. The van der Waals surface area contributed by atoms with Crippen molar-refractivity contribution < 1.29 is 13.9 Å². The molecule has 7 rings (SSSR count). The van der Waals surface area contributed by atoms with Crippen molar-refractivity contribution in [2.24, 2.45) is 0 Å². The average molecular weight is 656 g/mol. The van der Waals surface area contributed by atoms with Crippen LogP contribution >= 0.6 is 0 Å². The zero-order valence-corrected chi connectivity index (χ0v) is 27.9. The van der Waals surface area contributed by atoms with Crippen molar-refractivity contribution in [1.82, 2.24) is 14.8 Å². The first kappa shape index (κ1) is 32.1. The zero-order valence-electron chi connectivity index (χ0n) is 27.9. The van der Waals surface area contributed by atoms with Gasteiger partial charge in [-0.15, -0.1) is 0 Å². The summed E-state index contributed by atoms with van der Waals surface area (Å²) in [5.41, 5.74) is 7.45. The Morgan fingerprint density at radius 2 is 1.78 bits per heavy atom. The van der Waals surface area contributed by atoms with Gasteiger partial charge in [-0.2, -0.15) is 10.5 Å². The van der Waals surface area contributed by atoms with E-state index in [1.165, 1.54) is 26.8 Å². The van der Waals surface area contributed by atoms with Crippen LogP contribution in [0.4, 0.5) is 15.8 Å². The van der Waals surface area contributed by atoms with E-state index in [4.69, 9.17) is 9.72 Å². The third kappa shape index (κ3) is 5.94. The number of aryl methyl sites for hydroxylation is 1. The van der Waals surface area contributed by atoms with Gasteiger partial charge in [0.25, 0.3) is 5.91 Å². The molecule has 4 aromatic rings. The third-order valence-electron chi connectivity index (χ3n) is 10.1. The second kappa shape index (κ2) is 13.2. The number of piperazine rings is 1. The molecule has 0 bridgehead atoms. The molecular weight excluding hydrogens is 617 g/mol. The summed E-state index contributed by atoms with van der Waals surface area (Å²) in [4.78, 5) is 25.9. The quantitative estimate of drug-likeness (QED) is 0.228. The summed E-state index contributed by atoms with van der Waals surface area (Å²) in [6.45, 7) is 9.06. The van der Waals surface area contributed by atoms with Crippen LogP contribution in [-0.4, -0.2) is 66.5 Å². The van der Waals surface area contributed by atoms with Gasteiger partial charge in [0, 0.05) is 61.5 Å². The van der Waals surface area contributed by atoms with Crippen LogP contribution in [0.2, 0.25) is 0 Å². The zero-order chi connectivity index (χ0) is 34.2. The van der Waals surface area contributed by atoms with Gasteiger partial charge in [-0.25, -0.2) is 9.37 Å². The maximum absolute atomic E-state index is 14.0. The van der Waals surface area contributed by atoms with Crippen molar-refractivity contribution in [2.75, 3.05) is 49.6 Å². The Morgan fingerprint density at radius 3 is 2.55 bits per heavy atom. The molecule has 1 atom stereocenters. The Balaban J connectivity index is 1.34. The summed E-state index contributed by atoms with van der Waals surface area (Å²) in [5.74, 6) is -0.919. The molecule has 0 unspecified atom stereocenters. The van der Waals surface area contributed by atoms with Crippen molar-refractivity contribution in [3.8, 4) is 23.8 Å². The van der Waals surface area contributed by atoms with Crippen molar-refractivity contribution in [1.29, 1.82) is 10.5 Å². The van der Waals surface area contributed by atoms with Gasteiger partial charge in [0.15, 0.2) is 5.83 Å². The van der Waals surface area contributed by atoms with Gasteiger partial charge in [0.1, 0.15) is 17.4 Å². The van der Waals surface area contributed by atoms with Gasteiger partial charge >= 0.3 is 0 Å². The number of halogens is 1. The number of anilines is 2. The fraction of sp³-hybridized carbons (Fsp3) is 0.333. The van der Waals surface area contributed by atoms with Gasteiger partial charge < -0.3 is 24.3 Å². The molecule has 49 heavy (non-hydrogen) atoms. The van der Waals surface area contributed by atoms with E-state index < -0.39 is 17.8 Å². The predicted molar refractivity (Wildman–Crippen MR) is 187 cm³/mol. The average Bonchev–Trinajstić information content (AvgIpc) is 3.10. The van der Waals surface area contributed by atoms with E-state index in [1.807, 2.05) is 12.1 Å². The molecule has 0 saturated carbocycles. The van der Waals surface area contributed by atoms with Crippen LogP contribution in [0.3, 0.4) is 0 Å². The second-order valence-corrected chi connectivity index (χ2v) is 13.1. The lowest BCUT2D eigenvalue weighted by atomic mass is 9.95. The molecule has 3 aliphatic heterocycles. The highest BCUT2D eigenvalue weighted by Gasteiger charge is 2.36. The topological polar surface area (TPSA) is 99.7 Å². The molecule has 1 aromatic heterocycles. The number of aromatic nitrogens is 1. The normalized spacial score (nSPS) is 17.6. The minimum Gasteiger partial charge on any atom is -0.437 e. The third-order valence-corrected chi connectivity index (χ3v) is 10.1. The molecular formula is C39H38FN7O2. The Labute approximate surface area is 286 Å². The minimum atomic E-state index is -1.05. The van der Waals surface area contributed by atoms with Crippen LogP contribution in [0.1, 0.15) is 39.9 Å². The first-order chi connectivity index (χ1) is 23.8. The number of likely N-dealkylation sites (N-methyl/N-ethyl adjacent to an activating group) is 1. The number of rotatable bonds is 6. The lowest BCUT2D eigenvalue weighted by Gasteiger charge is -2.43. The fourth-order valence-corrected chi connectivity index (χ4v) is 7.71. The lowest BCUT2D eigenvalue weighted by molar-refractivity contribution is -0.131. The summed E-state index contributed by atoms with van der Waals surface area (Å²) in [5, 5.41) is 22.8. The fourth-order valence-electron chi connectivity index (χ4n) is 7.71. The number of nitriles is 2. The smallest absolute Gasteiger partial charge is 0.282 e. The van der Waals surface area contributed by atoms with E-state index in [1.54, 1.807) is 0 Å². The predicted octanol–water partition coefficient (Wildman–Crippen LogP) is 6.17. The largest absolute Gasteiger partial charge is 0.437 e. The van der Waals surface area contributed by atoms with Gasteiger partial charge in [0.05, 0.1) is 36.5 Å². The van der Waals surface area contributed by atoms with Gasteiger partial charge in [-0.3, -0.25) is 4.79 Å². The van der Waals surface area contributed by atoms with Crippen molar-refractivity contribution >= 4 is 28.1 Å². The van der Waals surface area contributed by atoms with Crippen LogP contribution in [0.15, 0.2) is 67.0 Å². The summed E-state index contributed by atoms with van der Waals surface area (Å²) in [6.07, 6.45) is 1.47. The first-order valence-corrected chi connectivity index (χ1v) is 16.7. The molecule has 10 heteroatoms. The molecule has 0 radical (unpaired) electrons. The van der Waals surface area contributed by atoms with Crippen molar-refractivity contribution in [2.45, 2.75) is 45.3 Å². The summed E-state index contributed by atoms with van der Waals surface area (Å²) in [7, 11) is 2.10. The summed E-state index contributed by atoms with van der Waals surface area (Å²) < 4.78 is 20.7. The van der Waals surface area contributed by atoms with Crippen LogP contribution < -0.4 is 14.5 Å². The van der Waals surface area contributed by atoms with Crippen LogP contribution in [0, 0.1) is 29.6 Å². The highest BCUT2D eigenvalue weighted by atomic mass is 19.1. The molecule has 0 aliphatic carbocycles. The minimum absolute atomic E-state index is 0.0207. The molecule has 3 aromatic carbocycles. The molecule has 1 amide bonds. The lowest BCUT2D eigenvalue weighted by Crippen LogP contribution is -2.55. The van der Waals surface area contributed by atoms with Crippen molar-refractivity contribution in [3.63, 3.8) is 0 Å². The second-order valence-electron chi connectivity index (χ2n) is 13.1. The van der Waals surface area contributed by atoms with E-state index in [0.717, 1.165) is 47.7 Å². The summed E-state index contributed by atoms with van der Waals surface area (Å²) in [6, 6.07) is 22.7. The maximum atomic E-state index is 14.0. The van der Waals surface area contributed by atoms with Gasteiger partial charge in [0.2, 0.25) is 5.88 Å². The molecule has 0 spiro atoms. The number of hydrogen-bond donors (Lipinski definition) is 0. The van der Waals surface area contributed by atoms with Gasteiger partial charge in [-0.05, 0) is 55.5 Å². The number of amides is 1. The standard InChI is InChI=1S/C39H38FN7O2/c1-25-7-4-8-27-9-5-11-34(36(25)27)45-18-15-31-33(24-45)43-38(49-35-12-6-10-28-22-44(3)17-14-30(28)35)32(21-42)37(31)46-19-20-47(39(48)26(2)40)29(23-46)13-16-41/h4-12,29H,2,13-15,17-20,22-24H2,1,3H3/t29-/m0/s1. The van der Waals surface area contributed by atoms with E-state index in [-0.39, 0.29) is 25.4 Å². The van der Waals surface area contributed by atoms with E-state index in [0.29, 0.717) is 37.4 Å². The van der Waals surface area contributed by atoms with Crippen LogP contribution in [0.25, 0.3) is 10.8 Å². The highest BCUT2D eigenvalue weighted by molar-refractivity contribution is 5.97. The number of benzene rings is 3. The molecule has 1 fully saturated rings. The maximum Gasteiger partial charge on any atom is 0.282 e. The molecule has 4 heterocycles. The van der Waals surface area contributed by atoms with Crippen LogP contribution in [0.5, 0.6) is 11.6 Å². The van der Waals surface area contributed by atoms with Crippen LogP contribution in [-0.2, 0) is 30.7 Å². The number of carbonyl (C=O) groups is 1. The Kier molecular flexibility index (Phi) is 8.66. The Hall–Kier alpha value is -5.45. The molecule has 1 saturated heterocycles.